The summed E-state index contributed by atoms with van der Waals surface area (Å²) in [6.07, 6.45) is 0. The number of aryl methyl sites for hydroxylation is 2. The first-order valence-electron chi connectivity index (χ1n) is 11.1. The summed E-state index contributed by atoms with van der Waals surface area (Å²) in [6.45, 7) is 5.90. The van der Waals surface area contributed by atoms with Crippen molar-refractivity contribution < 1.29 is 0 Å². The lowest BCUT2D eigenvalue weighted by molar-refractivity contribution is 0.668. The van der Waals surface area contributed by atoms with Crippen LogP contribution < -0.4 is 0 Å². The maximum atomic E-state index is 4.85. The molecule has 0 fully saturated rings. The van der Waals surface area contributed by atoms with Crippen LogP contribution in [0, 0.1) is 0 Å². The molecule has 0 aliphatic heterocycles. The molecule has 0 radical (unpaired) electrons. The molecule has 2 aromatic heterocycles. The monoisotopic (exact) mass is 418 g/mol. The highest BCUT2D eigenvalue weighted by atomic mass is 15.3. The molecule has 0 aliphatic rings. The van der Waals surface area contributed by atoms with Crippen LogP contribution in [0.15, 0.2) is 97.1 Å². The molecule has 0 saturated carbocycles. The van der Waals surface area contributed by atoms with Gasteiger partial charge in [0.2, 0.25) is 0 Å². The van der Waals surface area contributed by atoms with Gasteiger partial charge in [0.25, 0.3) is 0 Å². The van der Waals surface area contributed by atoms with Crippen LogP contribution in [0.3, 0.4) is 0 Å². The number of hydrogen-bond donors (Lipinski definition) is 0. The second-order valence-electron chi connectivity index (χ2n) is 7.77. The minimum Gasteiger partial charge on any atom is -0.265 e. The molecule has 0 N–H and O–H groups in total. The van der Waals surface area contributed by atoms with E-state index >= 15 is 0 Å². The third kappa shape index (κ3) is 3.76. The highest BCUT2D eigenvalue weighted by Gasteiger charge is 2.14. The van der Waals surface area contributed by atoms with Gasteiger partial charge in [-0.2, -0.15) is 10.2 Å². The maximum absolute atomic E-state index is 4.85. The van der Waals surface area contributed by atoms with Crippen LogP contribution >= 0.6 is 0 Å². The quantitative estimate of drug-likeness (QED) is 0.304. The minimum atomic E-state index is 0.817. The van der Waals surface area contributed by atoms with Crippen LogP contribution in [0.25, 0.3) is 45.0 Å². The largest absolute Gasteiger partial charge is 0.265 e. The summed E-state index contributed by atoms with van der Waals surface area (Å²) >= 11 is 0. The average Bonchev–Trinajstić information content (AvgIpc) is 3.50. The van der Waals surface area contributed by atoms with Crippen molar-refractivity contribution in [2.24, 2.45) is 0 Å². The second-order valence-corrected chi connectivity index (χ2v) is 7.77. The zero-order valence-electron chi connectivity index (χ0n) is 18.4. The Morgan fingerprint density at radius 3 is 1.31 bits per heavy atom. The first kappa shape index (κ1) is 20.0. The van der Waals surface area contributed by atoms with Crippen molar-refractivity contribution in [3.05, 3.63) is 97.1 Å². The lowest BCUT2D eigenvalue weighted by atomic mass is 10.0. The van der Waals surface area contributed by atoms with Crippen molar-refractivity contribution >= 4 is 0 Å². The molecular weight excluding hydrogens is 392 g/mol. The standard InChI is InChI=1S/C28H26N4/c1-3-31-27(19-25(29-31)21-12-7-5-8-13-21)23-16-11-17-24(18-23)28-20-26(30-32(28)4-2)22-14-9-6-10-15-22/h5-20H,3-4H2,1-2H3. The average molecular weight is 419 g/mol. The molecule has 4 heteroatoms. The van der Waals surface area contributed by atoms with Crippen LogP contribution in [0.4, 0.5) is 0 Å². The Labute approximate surface area is 188 Å². The molecule has 0 aliphatic carbocycles. The number of aromatic nitrogens is 4. The van der Waals surface area contributed by atoms with Crippen LogP contribution in [0.2, 0.25) is 0 Å². The molecule has 32 heavy (non-hydrogen) atoms. The van der Waals surface area contributed by atoms with E-state index in [2.05, 4.69) is 108 Å². The molecule has 0 amide bonds. The first-order chi connectivity index (χ1) is 15.8. The van der Waals surface area contributed by atoms with E-state index in [0.717, 1.165) is 58.1 Å². The molecular formula is C28H26N4. The summed E-state index contributed by atoms with van der Waals surface area (Å²) in [5.41, 5.74) is 8.82. The van der Waals surface area contributed by atoms with E-state index in [4.69, 9.17) is 10.2 Å². The molecule has 0 bridgehead atoms. The van der Waals surface area contributed by atoms with Crippen molar-refractivity contribution in [1.82, 2.24) is 19.6 Å². The summed E-state index contributed by atoms with van der Waals surface area (Å²) < 4.78 is 4.15. The van der Waals surface area contributed by atoms with Gasteiger partial charge in [0.1, 0.15) is 0 Å². The van der Waals surface area contributed by atoms with Crippen molar-refractivity contribution in [3.63, 3.8) is 0 Å². The summed E-state index contributed by atoms with van der Waals surface area (Å²) in [6, 6.07) is 33.7. The molecule has 5 aromatic rings. The van der Waals surface area contributed by atoms with Gasteiger partial charge in [0.05, 0.1) is 22.8 Å². The number of benzene rings is 3. The van der Waals surface area contributed by atoms with Crippen molar-refractivity contribution in [2.75, 3.05) is 0 Å². The van der Waals surface area contributed by atoms with Gasteiger partial charge in [-0.3, -0.25) is 9.36 Å². The fourth-order valence-corrected chi connectivity index (χ4v) is 4.12. The first-order valence-corrected chi connectivity index (χ1v) is 11.1. The van der Waals surface area contributed by atoms with E-state index in [1.807, 2.05) is 12.1 Å². The van der Waals surface area contributed by atoms with Gasteiger partial charge in [0.15, 0.2) is 0 Å². The molecule has 0 atom stereocenters. The predicted octanol–water partition coefficient (Wildman–Crippen LogP) is 6.79. The van der Waals surface area contributed by atoms with Gasteiger partial charge < -0.3 is 0 Å². The van der Waals surface area contributed by atoms with Crippen molar-refractivity contribution in [2.45, 2.75) is 26.9 Å². The van der Waals surface area contributed by atoms with E-state index in [0.29, 0.717) is 0 Å². The summed E-state index contributed by atoms with van der Waals surface area (Å²) in [5, 5.41) is 9.71. The van der Waals surface area contributed by atoms with Gasteiger partial charge in [0, 0.05) is 35.3 Å². The summed E-state index contributed by atoms with van der Waals surface area (Å²) in [4.78, 5) is 0. The number of hydrogen-bond acceptors (Lipinski definition) is 2. The maximum Gasteiger partial charge on any atom is 0.0929 e. The van der Waals surface area contributed by atoms with Gasteiger partial charge in [-0.25, -0.2) is 0 Å². The molecule has 5 rings (SSSR count). The van der Waals surface area contributed by atoms with E-state index in [1.54, 1.807) is 0 Å². The SMILES string of the molecule is CCn1nc(-c2ccccc2)cc1-c1cccc(-c2cc(-c3ccccc3)nn2CC)c1. The second kappa shape index (κ2) is 8.67. The lowest BCUT2D eigenvalue weighted by Crippen LogP contribution is -2.01. The zero-order chi connectivity index (χ0) is 21.9. The fraction of sp³-hybridized carbons (Fsp3) is 0.143. The van der Waals surface area contributed by atoms with E-state index in [-0.39, 0.29) is 0 Å². The van der Waals surface area contributed by atoms with Gasteiger partial charge in [-0.15, -0.1) is 0 Å². The van der Waals surface area contributed by atoms with Crippen LogP contribution in [-0.2, 0) is 13.1 Å². The molecule has 0 saturated heterocycles. The Hall–Kier alpha value is -3.92. The van der Waals surface area contributed by atoms with Crippen LogP contribution in [-0.4, -0.2) is 19.6 Å². The Kier molecular flexibility index (Phi) is 5.42. The van der Waals surface area contributed by atoms with E-state index in [9.17, 15) is 0 Å². The Balaban J connectivity index is 1.57. The number of rotatable bonds is 6. The fourth-order valence-electron chi connectivity index (χ4n) is 4.12. The van der Waals surface area contributed by atoms with Gasteiger partial charge in [-0.05, 0) is 32.0 Å². The van der Waals surface area contributed by atoms with E-state index in [1.165, 1.54) is 0 Å². The minimum absolute atomic E-state index is 0.817. The predicted molar refractivity (Wildman–Crippen MR) is 131 cm³/mol. The van der Waals surface area contributed by atoms with E-state index < -0.39 is 0 Å². The van der Waals surface area contributed by atoms with Gasteiger partial charge >= 0.3 is 0 Å². The lowest BCUT2D eigenvalue weighted by Gasteiger charge is -2.08. The molecule has 158 valence electrons. The molecule has 0 spiro atoms. The Bertz CT molecular complexity index is 1230. The highest BCUT2D eigenvalue weighted by Crippen LogP contribution is 2.31. The third-order valence-corrected chi connectivity index (χ3v) is 5.75. The molecule has 0 unspecified atom stereocenters. The zero-order valence-corrected chi connectivity index (χ0v) is 18.4. The van der Waals surface area contributed by atoms with Crippen molar-refractivity contribution in [1.29, 1.82) is 0 Å². The third-order valence-electron chi connectivity index (χ3n) is 5.75. The summed E-state index contributed by atoms with van der Waals surface area (Å²) in [7, 11) is 0. The number of nitrogens with zero attached hydrogens (tertiary/aromatic N) is 4. The molecule has 4 nitrogen and oxygen atoms in total. The smallest absolute Gasteiger partial charge is 0.0929 e. The van der Waals surface area contributed by atoms with Crippen LogP contribution in [0.1, 0.15) is 13.8 Å². The highest BCUT2D eigenvalue weighted by molar-refractivity contribution is 5.75. The Morgan fingerprint density at radius 1 is 0.500 bits per heavy atom. The molecule has 2 heterocycles. The normalized spacial score (nSPS) is 11.1. The summed E-state index contributed by atoms with van der Waals surface area (Å²) in [5.74, 6) is 0. The van der Waals surface area contributed by atoms with Crippen molar-refractivity contribution in [3.8, 4) is 45.0 Å². The topological polar surface area (TPSA) is 35.6 Å². The van der Waals surface area contributed by atoms with Gasteiger partial charge in [-0.1, -0.05) is 78.9 Å². The Morgan fingerprint density at radius 2 is 0.906 bits per heavy atom. The molecule has 3 aromatic carbocycles. The van der Waals surface area contributed by atoms with Crippen LogP contribution in [0.5, 0.6) is 0 Å².